The molecule has 0 bridgehead atoms. The zero-order valence-corrected chi connectivity index (χ0v) is 12.2. The number of aromatic nitrogens is 2. The van der Waals surface area contributed by atoms with Crippen molar-refractivity contribution >= 4 is 12.6 Å². The molecule has 0 aliphatic carbocycles. The molecule has 0 fully saturated rings. The van der Waals surface area contributed by atoms with E-state index in [1.165, 1.54) is 0 Å². The van der Waals surface area contributed by atoms with E-state index in [9.17, 15) is 0 Å². The van der Waals surface area contributed by atoms with Gasteiger partial charge in [-0.25, -0.2) is 0 Å². The van der Waals surface area contributed by atoms with Gasteiger partial charge in [0.05, 0.1) is 19.0 Å². The first-order valence-electron chi connectivity index (χ1n) is 6.23. The van der Waals surface area contributed by atoms with Crippen LogP contribution in [0.1, 0.15) is 34.1 Å². The van der Waals surface area contributed by atoms with Gasteiger partial charge in [-0.3, -0.25) is 4.68 Å². The molecule has 1 heterocycles. The fourth-order valence-electron chi connectivity index (χ4n) is 1.54. The van der Waals surface area contributed by atoms with Gasteiger partial charge < -0.3 is 4.74 Å². The summed E-state index contributed by atoms with van der Waals surface area (Å²) in [6.07, 6.45) is 4.83. The molecule has 1 atom stereocenters. The summed E-state index contributed by atoms with van der Waals surface area (Å²) in [5.74, 6) is 2.14. The van der Waals surface area contributed by atoms with Crippen molar-refractivity contribution in [3.63, 3.8) is 0 Å². The molecular formula is C13H24N2OS. The van der Waals surface area contributed by atoms with Gasteiger partial charge in [-0.05, 0) is 17.6 Å². The monoisotopic (exact) mass is 256 g/mol. The summed E-state index contributed by atoms with van der Waals surface area (Å²) < 4.78 is 7.70. The Bertz CT molecular complexity index is 330. The van der Waals surface area contributed by atoms with E-state index in [-0.39, 0.29) is 5.41 Å². The molecule has 3 nitrogen and oxygen atoms in total. The van der Waals surface area contributed by atoms with Crippen molar-refractivity contribution in [1.82, 2.24) is 9.78 Å². The summed E-state index contributed by atoms with van der Waals surface area (Å²) in [5.41, 5.74) is 0.223. The Balaban J connectivity index is 2.48. The molecule has 98 valence electrons. The Labute approximate surface area is 110 Å². The van der Waals surface area contributed by atoms with Crippen molar-refractivity contribution in [3.05, 3.63) is 12.4 Å². The lowest BCUT2D eigenvalue weighted by Crippen LogP contribution is -2.28. The van der Waals surface area contributed by atoms with Crippen LogP contribution in [0.25, 0.3) is 0 Å². The summed E-state index contributed by atoms with van der Waals surface area (Å²) in [7, 11) is 0. The highest BCUT2D eigenvalue weighted by molar-refractivity contribution is 7.80. The van der Waals surface area contributed by atoms with Crippen LogP contribution < -0.4 is 4.74 Å². The third-order valence-electron chi connectivity index (χ3n) is 2.96. The Morgan fingerprint density at radius 1 is 1.47 bits per heavy atom. The van der Waals surface area contributed by atoms with E-state index in [4.69, 9.17) is 4.74 Å². The van der Waals surface area contributed by atoms with Crippen LogP contribution in [0.4, 0.5) is 0 Å². The second-order valence-electron chi connectivity index (χ2n) is 5.50. The first kappa shape index (κ1) is 14.4. The molecule has 1 aromatic rings. The lowest BCUT2D eigenvalue weighted by molar-refractivity contribution is 0.165. The Kier molecular flexibility index (Phi) is 5.37. The average Bonchev–Trinajstić information content (AvgIpc) is 2.65. The minimum Gasteiger partial charge on any atom is -0.490 e. The van der Waals surface area contributed by atoms with Gasteiger partial charge in [0.2, 0.25) is 0 Å². The molecule has 0 aliphatic rings. The van der Waals surface area contributed by atoms with E-state index in [0.29, 0.717) is 12.5 Å². The zero-order valence-electron chi connectivity index (χ0n) is 11.3. The number of aryl methyl sites for hydroxylation is 1. The van der Waals surface area contributed by atoms with E-state index in [0.717, 1.165) is 24.5 Å². The van der Waals surface area contributed by atoms with Crippen molar-refractivity contribution in [2.24, 2.45) is 11.3 Å². The molecule has 1 rings (SSSR count). The first-order chi connectivity index (χ1) is 7.97. The van der Waals surface area contributed by atoms with Gasteiger partial charge >= 0.3 is 0 Å². The molecule has 0 saturated heterocycles. The highest BCUT2D eigenvalue weighted by Crippen LogP contribution is 2.27. The van der Waals surface area contributed by atoms with Gasteiger partial charge in [0.25, 0.3) is 0 Å². The van der Waals surface area contributed by atoms with Gasteiger partial charge in [0.1, 0.15) is 0 Å². The largest absolute Gasteiger partial charge is 0.490 e. The summed E-state index contributed by atoms with van der Waals surface area (Å²) in [6.45, 7) is 10.4. The van der Waals surface area contributed by atoms with Crippen LogP contribution in [0.15, 0.2) is 12.4 Å². The molecule has 0 spiro atoms. The first-order valence-corrected chi connectivity index (χ1v) is 6.86. The van der Waals surface area contributed by atoms with Gasteiger partial charge in [0.15, 0.2) is 5.75 Å². The standard InChI is InChI=1S/C13H24N2OS/c1-5-6-15-8-12(7-14-15)16-9-11(10-17)13(2,3)4/h7-8,11,17H,5-6,9-10H2,1-4H3. The molecule has 0 amide bonds. The quantitative estimate of drug-likeness (QED) is 0.791. The van der Waals surface area contributed by atoms with E-state index >= 15 is 0 Å². The van der Waals surface area contributed by atoms with Crippen LogP contribution in [0.2, 0.25) is 0 Å². The topological polar surface area (TPSA) is 27.1 Å². The highest BCUT2D eigenvalue weighted by atomic mass is 32.1. The molecule has 0 aliphatic heterocycles. The maximum Gasteiger partial charge on any atom is 0.157 e. The van der Waals surface area contributed by atoms with Crippen molar-refractivity contribution < 1.29 is 4.74 Å². The third-order valence-corrected chi connectivity index (χ3v) is 3.40. The van der Waals surface area contributed by atoms with Crippen molar-refractivity contribution in [2.75, 3.05) is 12.4 Å². The van der Waals surface area contributed by atoms with Crippen LogP contribution in [-0.4, -0.2) is 22.1 Å². The second-order valence-corrected chi connectivity index (χ2v) is 5.86. The predicted molar refractivity (Wildman–Crippen MR) is 74.8 cm³/mol. The molecule has 1 aromatic heterocycles. The molecule has 0 radical (unpaired) electrons. The van der Waals surface area contributed by atoms with E-state index < -0.39 is 0 Å². The summed E-state index contributed by atoms with van der Waals surface area (Å²) in [5, 5.41) is 4.24. The van der Waals surface area contributed by atoms with E-state index in [1.807, 2.05) is 10.9 Å². The molecule has 0 saturated carbocycles. The second kappa shape index (κ2) is 6.34. The van der Waals surface area contributed by atoms with Crippen LogP contribution in [0, 0.1) is 11.3 Å². The molecule has 0 aromatic carbocycles. The van der Waals surface area contributed by atoms with Crippen LogP contribution >= 0.6 is 12.6 Å². The molecule has 0 N–H and O–H groups in total. The number of nitrogens with zero attached hydrogens (tertiary/aromatic N) is 2. The normalized spacial score (nSPS) is 13.7. The third kappa shape index (κ3) is 4.62. The lowest BCUT2D eigenvalue weighted by Gasteiger charge is -2.28. The number of ether oxygens (including phenoxy) is 1. The van der Waals surface area contributed by atoms with Crippen molar-refractivity contribution in [2.45, 2.75) is 40.7 Å². The number of thiol groups is 1. The Hall–Kier alpha value is -0.640. The van der Waals surface area contributed by atoms with Gasteiger partial charge in [-0.2, -0.15) is 17.7 Å². The Morgan fingerprint density at radius 2 is 2.18 bits per heavy atom. The van der Waals surface area contributed by atoms with Crippen LogP contribution in [-0.2, 0) is 6.54 Å². The maximum absolute atomic E-state index is 5.78. The average molecular weight is 256 g/mol. The summed E-state index contributed by atoms with van der Waals surface area (Å²) >= 11 is 4.39. The maximum atomic E-state index is 5.78. The van der Waals surface area contributed by atoms with Crippen molar-refractivity contribution in [1.29, 1.82) is 0 Å². The minimum atomic E-state index is 0.223. The van der Waals surface area contributed by atoms with Gasteiger partial charge in [-0.15, -0.1) is 0 Å². The van der Waals surface area contributed by atoms with Crippen LogP contribution in [0.5, 0.6) is 5.75 Å². The summed E-state index contributed by atoms with van der Waals surface area (Å²) in [6, 6.07) is 0. The van der Waals surface area contributed by atoms with Crippen molar-refractivity contribution in [3.8, 4) is 5.75 Å². The minimum absolute atomic E-state index is 0.223. The smallest absolute Gasteiger partial charge is 0.157 e. The summed E-state index contributed by atoms with van der Waals surface area (Å²) in [4.78, 5) is 0. The van der Waals surface area contributed by atoms with E-state index in [2.05, 4.69) is 45.4 Å². The zero-order chi connectivity index (χ0) is 12.9. The SMILES string of the molecule is CCCn1cc(OCC(CS)C(C)(C)C)cn1. The number of hydrogen-bond donors (Lipinski definition) is 1. The Morgan fingerprint density at radius 3 is 2.71 bits per heavy atom. The molecule has 4 heteroatoms. The highest BCUT2D eigenvalue weighted by Gasteiger charge is 2.24. The molecule has 1 unspecified atom stereocenters. The van der Waals surface area contributed by atoms with Gasteiger partial charge in [-0.1, -0.05) is 27.7 Å². The molecule has 17 heavy (non-hydrogen) atoms. The van der Waals surface area contributed by atoms with Gasteiger partial charge in [0, 0.05) is 12.5 Å². The van der Waals surface area contributed by atoms with Crippen LogP contribution in [0.3, 0.4) is 0 Å². The molecular weight excluding hydrogens is 232 g/mol. The van der Waals surface area contributed by atoms with E-state index in [1.54, 1.807) is 6.20 Å². The number of hydrogen-bond acceptors (Lipinski definition) is 3. The lowest BCUT2D eigenvalue weighted by atomic mass is 9.82. The fraction of sp³-hybridized carbons (Fsp3) is 0.769. The fourth-order valence-corrected chi connectivity index (χ4v) is 2.20. The number of rotatable bonds is 6. The predicted octanol–water partition coefficient (Wildman–Crippen LogP) is 3.26.